The molecule has 0 radical (unpaired) electrons. The Bertz CT molecular complexity index is 582. The van der Waals surface area contributed by atoms with Crippen molar-refractivity contribution in [2.75, 3.05) is 6.61 Å². The molecule has 0 amide bonds. The van der Waals surface area contributed by atoms with Crippen LogP contribution in [-0.2, 0) is 0 Å². The van der Waals surface area contributed by atoms with Crippen LogP contribution in [0.3, 0.4) is 0 Å². The van der Waals surface area contributed by atoms with Gasteiger partial charge in [0.25, 0.3) is 0 Å². The second-order valence-electron chi connectivity index (χ2n) is 4.88. The number of fused-ring (bicyclic) bond motifs is 1. The van der Waals surface area contributed by atoms with E-state index in [1.54, 1.807) is 12.1 Å². The first-order valence-electron chi connectivity index (χ1n) is 6.51. The molecule has 98 valence electrons. The molecule has 3 rings (SSSR count). The minimum atomic E-state index is 0.159. The van der Waals surface area contributed by atoms with E-state index in [0.717, 1.165) is 11.3 Å². The zero-order chi connectivity index (χ0) is 13.2. The van der Waals surface area contributed by atoms with Crippen molar-refractivity contribution in [2.45, 2.75) is 19.0 Å². The van der Waals surface area contributed by atoms with Gasteiger partial charge in [-0.1, -0.05) is 30.3 Å². The Morgan fingerprint density at radius 3 is 2.89 bits per heavy atom. The van der Waals surface area contributed by atoms with Crippen LogP contribution >= 0.6 is 0 Å². The van der Waals surface area contributed by atoms with Gasteiger partial charge < -0.3 is 15.2 Å². The SMILES string of the molecule is CC(NC1COc2ccccc21)c1cccc(O)c1. The largest absolute Gasteiger partial charge is 0.508 e. The van der Waals surface area contributed by atoms with E-state index < -0.39 is 0 Å². The molecule has 2 N–H and O–H groups in total. The summed E-state index contributed by atoms with van der Waals surface area (Å²) in [5.41, 5.74) is 2.28. The van der Waals surface area contributed by atoms with Gasteiger partial charge in [0.1, 0.15) is 18.1 Å². The molecule has 2 aromatic rings. The van der Waals surface area contributed by atoms with Gasteiger partial charge >= 0.3 is 0 Å². The van der Waals surface area contributed by atoms with E-state index >= 15 is 0 Å². The Hall–Kier alpha value is -2.00. The van der Waals surface area contributed by atoms with Crippen molar-refractivity contribution in [3.8, 4) is 11.5 Å². The molecule has 3 heteroatoms. The van der Waals surface area contributed by atoms with Crippen LogP contribution in [0.5, 0.6) is 11.5 Å². The second kappa shape index (κ2) is 4.94. The normalized spacial score (nSPS) is 18.7. The summed E-state index contributed by atoms with van der Waals surface area (Å²) in [5.74, 6) is 1.26. The van der Waals surface area contributed by atoms with Crippen LogP contribution in [0.2, 0.25) is 0 Å². The van der Waals surface area contributed by atoms with E-state index in [2.05, 4.69) is 18.3 Å². The van der Waals surface area contributed by atoms with Gasteiger partial charge in [0, 0.05) is 11.6 Å². The van der Waals surface area contributed by atoms with E-state index in [1.807, 2.05) is 30.3 Å². The molecule has 2 aromatic carbocycles. The molecule has 0 bridgehead atoms. The maximum Gasteiger partial charge on any atom is 0.124 e. The lowest BCUT2D eigenvalue weighted by Crippen LogP contribution is -2.25. The topological polar surface area (TPSA) is 41.5 Å². The van der Waals surface area contributed by atoms with Crippen LogP contribution in [-0.4, -0.2) is 11.7 Å². The standard InChI is InChI=1S/C16H17NO2/c1-11(12-5-4-6-13(18)9-12)17-15-10-19-16-8-3-2-7-14(15)16/h2-9,11,15,17-18H,10H2,1H3. The molecule has 0 aliphatic carbocycles. The summed E-state index contributed by atoms with van der Waals surface area (Å²) in [6.07, 6.45) is 0. The van der Waals surface area contributed by atoms with E-state index in [9.17, 15) is 5.11 Å². The van der Waals surface area contributed by atoms with E-state index in [-0.39, 0.29) is 12.1 Å². The maximum absolute atomic E-state index is 9.53. The summed E-state index contributed by atoms with van der Waals surface area (Å²) in [6, 6.07) is 15.8. The molecule has 1 aliphatic rings. The molecule has 0 aromatic heterocycles. The quantitative estimate of drug-likeness (QED) is 0.885. The Kier molecular flexibility index (Phi) is 3.13. The minimum absolute atomic E-state index is 0.159. The Morgan fingerprint density at radius 1 is 1.21 bits per heavy atom. The van der Waals surface area contributed by atoms with Gasteiger partial charge in [0.15, 0.2) is 0 Å². The summed E-state index contributed by atoms with van der Waals surface area (Å²) >= 11 is 0. The number of ether oxygens (including phenoxy) is 1. The molecule has 0 spiro atoms. The molecular formula is C16H17NO2. The van der Waals surface area contributed by atoms with Crippen LogP contribution in [0.1, 0.15) is 30.1 Å². The molecule has 2 atom stereocenters. The fourth-order valence-corrected chi connectivity index (χ4v) is 2.49. The number of nitrogens with one attached hydrogen (secondary N) is 1. The molecule has 1 heterocycles. The summed E-state index contributed by atoms with van der Waals surface area (Å²) in [4.78, 5) is 0. The van der Waals surface area contributed by atoms with Crippen LogP contribution in [0.25, 0.3) is 0 Å². The van der Waals surface area contributed by atoms with Crippen molar-refractivity contribution in [1.29, 1.82) is 0 Å². The van der Waals surface area contributed by atoms with Crippen molar-refractivity contribution in [3.05, 3.63) is 59.7 Å². The number of hydrogen-bond acceptors (Lipinski definition) is 3. The van der Waals surface area contributed by atoms with Crippen molar-refractivity contribution in [2.24, 2.45) is 0 Å². The van der Waals surface area contributed by atoms with E-state index in [0.29, 0.717) is 12.4 Å². The van der Waals surface area contributed by atoms with Gasteiger partial charge in [-0.3, -0.25) is 0 Å². The molecular weight excluding hydrogens is 238 g/mol. The molecule has 2 unspecified atom stereocenters. The average molecular weight is 255 g/mol. The Balaban J connectivity index is 1.76. The van der Waals surface area contributed by atoms with Crippen LogP contribution in [0.4, 0.5) is 0 Å². The highest BCUT2D eigenvalue weighted by Crippen LogP contribution is 2.33. The lowest BCUT2D eigenvalue weighted by Gasteiger charge is -2.19. The number of phenols is 1. The molecule has 3 nitrogen and oxygen atoms in total. The first-order chi connectivity index (χ1) is 9.24. The number of benzene rings is 2. The van der Waals surface area contributed by atoms with Gasteiger partial charge in [-0.2, -0.15) is 0 Å². The van der Waals surface area contributed by atoms with Gasteiger partial charge in [0.05, 0.1) is 6.04 Å². The predicted molar refractivity (Wildman–Crippen MR) is 74.3 cm³/mol. The third-order valence-corrected chi connectivity index (χ3v) is 3.52. The zero-order valence-corrected chi connectivity index (χ0v) is 10.8. The molecule has 0 saturated carbocycles. The van der Waals surface area contributed by atoms with Crippen LogP contribution in [0, 0.1) is 0 Å². The van der Waals surface area contributed by atoms with Crippen LogP contribution in [0.15, 0.2) is 48.5 Å². The third kappa shape index (κ3) is 2.42. The highest BCUT2D eigenvalue weighted by Gasteiger charge is 2.24. The van der Waals surface area contributed by atoms with E-state index in [1.165, 1.54) is 5.56 Å². The summed E-state index contributed by atoms with van der Waals surface area (Å²) < 4.78 is 5.66. The zero-order valence-electron chi connectivity index (χ0n) is 10.8. The number of phenolic OH excluding ortho intramolecular Hbond substituents is 1. The lowest BCUT2D eigenvalue weighted by atomic mass is 10.0. The highest BCUT2D eigenvalue weighted by atomic mass is 16.5. The first-order valence-corrected chi connectivity index (χ1v) is 6.51. The molecule has 0 fully saturated rings. The monoisotopic (exact) mass is 255 g/mol. The van der Waals surface area contributed by atoms with Crippen molar-refractivity contribution in [1.82, 2.24) is 5.32 Å². The Labute approximate surface area is 112 Å². The minimum Gasteiger partial charge on any atom is -0.508 e. The maximum atomic E-state index is 9.53. The van der Waals surface area contributed by atoms with Crippen LogP contribution < -0.4 is 10.1 Å². The second-order valence-corrected chi connectivity index (χ2v) is 4.88. The number of hydrogen-bond donors (Lipinski definition) is 2. The van der Waals surface area contributed by atoms with E-state index in [4.69, 9.17) is 4.74 Å². The van der Waals surface area contributed by atoms with Gasteiger partial charge in [-0.25, -0.2) is 0 Å². The summed E-state index contributed by atoms with van der Waals surface area (Å²) in [5, 5.41) is 13.1. The van der Waals surface area contributed by atoms with Gasteiger partial charge in [-0.15, -0.1) is 0 Å². The van der Waals surface area contributed by atoms with Gasteiger partial charge in [-0.05, 0) is 30.7 Å². The van der Waals surface area contributed by atoms with Crippen molar-refractivity contribution in [3.63, 3.8) is 0 Å². The number of para-hydroxylation sites is 1. The summed E-state index contributed by atoms with van der Waals surface area (Å²) in [7, 11) is 0. The lowest BCUT2D eigenvalue weighted by molar-refractivity contribution is 0.301. The molecule has 19 heavy (non-hydrogen) atoms. The predicted octanol–water partition coefficient (Wildman–Crippen LogP) is 3.18. The molecule has 0 saturated heterocycles. The summed E-state index contributed by atoms with van der Waals surface area (Å²) in [6.45, 7) is 2.75. The first kappa shape index (κ1) is 12.1. The average Bonchev–Trinajstić information content (AvgIpc) is 2.82. The smallest absolute Gasteiger partial charge is 0.124 e. The fourth-order valence-electron chi connectivity index (χ4n) is 2.49. The Morgan fingerprint density at radius 2 is 2.05 bits per heavy atom. The molecule has 1 aliphatic heterocycles. The van der Waals surface area contributed by atoms with Crippen molar-refractivity contribution >= 4 is 0 Å². The number of aromatic hydroxyl groups is 1. The fraction of sp³-hybridized carbons (Fsp3) is 0.250. The van der Waals surface area contributed by atoms with Crippen molar-refractivity contribution < 1.29 is 9.84 Å². The number of rotatable bonds is 3. The van der Waals surface area contributed by atoms with Gasteiger partial charge in [0.2, 0.25) is 0 Å². The third-order valence-electron chi connectivity index (χ3n) is 3.52. The highest BCUT2D eigenvalue weighted by molar-refractivity contribution is 5.39.